The van der Waals surface area contributed by atoms with Gasteiger partial charge in [0.05, 0.1) is 18.7 Å². The standard InChI is InChI=1S/C11H14N4OS/c1-8-13-6-9(17-8)7-15(2)11-12-5-4-10(14-11)16-3/h4-6H,7H2,1-3H3. The molecule has 2 heterocycles. The Balaban J connectivity index is 2.11. The van der Waals surface area contributed by atoms with E-state index in [1.54, 1.807) is 30.7 Å². The Labute approximate surface area is 104 Å². The van der Waals surface area contributed by atoms with Crippen LogP contribution in [0.5, 0.6) is 5.88 Å². The van der Waals surface area contributed by atoms with Crippen molar-refractivity contribution in [1.29, 1.82) is 0 Å². The Morgan fingerprint density at radius 1 is 1.41 bits per heavy atom. The van der Waals surface area contributed by atoms with Crippen molar-refractivity contribution in [2.75, 3.05) is 19.1 Å². The summed E-state index contributed by atoms with van der Waals surface area (Å²) in [5.74, 6) is 1.22. The fourth-order valence-corrected chi connectivity index (χ4v) is 2.26. The van der Waals surface area contributed by atoms with Gasteiger partial charge in [-0.25, -0.2) is 9.97 Å². The van der Waals surface area contributed by atoms with Crippen molar-refractivity contribution >= 4 is 17.3 Å². The van der Waals surface area contributed by atoms with Gasteiger partial charge >= 0.3 is 0 Å². The van der Waals surface area contributed by atoms with Gasteiger partial charge in [-0.15, -0.1) is 11.3 Å². The van der Waals surface area contributed by atoms with Crippen LogP contribution in [0.15, 0.2) is 18.5 Å². The molecular weight excluding hydrogens is 236 g/mol. The first-order chi connectivity index (χ1) is 8.19. The van der Waals surface area contributed by atoms with Crippen LogP contribution in [0.4, 0.5) is 5.95 Å². The van der Waals surface area contributed by atoms with Crippen LogP contribution >= 0.6 is 11.3 Å². The number of hydrogen-bond donors (Lipinski definition) is 0. The number of ether oxygens (including phenoxy) is 1. The summed E-state index contributed by atoms with van der Waals surface area (Å²) in [7, 11) is 3.54. The Morgan fingerprint density at radius 3 is 2.88 bits per heavy atom. The minimum atomic E-state index is 0.572. The highest BCUT2D eigenvalue weighted by Gasteiger charge is 2.08. The van der Waals surface area contributed by atoms with Crippen LogP contribution in [0.2, 0.25) is 0 Å². The monoisotopic (exact) mass is 250 g/mol. The van der Waals surface area contributed by atoms with Crippen molar-refractivity contribution in [3.05, 3.63) is 28.3 Å². The highest BCUT2D eigenvalue weighted by molar-refractivity contribution is 7.11. The minimum Gasteiger partial charge on any atom is -0.481 e. The Bertz CT molecular complexity index is 500. The molecule has 0 unspecified atom stereocenters. The van der Waals surface area contributed by atoms with E-state index in [-0.39, 0.29) is 0 Å². The van der Waals surface area contributed by atoms with Crippen LogP contribution in [0, 0.1) is 6.92 Å². The summed E-state index contributed by atoms with van der Waals surface area (Å²) in [6.45, 7) is 2.74. The topological polar surface area (TPSA) is 51.1 Å². The molecule has 2 aromatic rings. The van der Waals surface area contributed by atoms with E-state index in [1.807, 2.05) is 25.1 Å². The maximum atomic E-state index is 5.07. The van der Waals surface area contributed by atoms with Gasteiger partial charge in [0.1, 0.15) is 0 Å². The molecule has 0 amide bonds. The third-order valence-electron chi connectivity index (χ3n) is 2.23. The zero-order chi connectivity index (χ0) is 12.3. The van der Waals surface area contributed by atoms with E-state index >= 15 is 0 Å². The van der Waals surface area contributed by atoms with Crippen molar-refractivity contribution in [2.24, 2.45) is 0 Å². The molecule has 2 rings (SSSR count). The summed E-state index contributed by atoms with van der Waals surface area (Å²) < 4.78 is 5.07. The highest BCUT2D eigenvalue weighted by atomic mass is 32.1. The molecule has 0 spiro atoms. The van der Waals surface area contributed by atoms with Gasteiger partial charge in [-0.1, -0.05) is 0 Å². The normalized spacial score (nSPS) is 10.3. The molecule has 0 aliphatic carbocycles. The number of nitrogens with zero attached hydrogens (tertiary/aromatic N) is 4. The Kier molecular flexibility index (Phi) is 3.53. The van der Waals surface area contributed by atoms with Crippen molar-refractivity contribution < 1.29 is 4.74 Å². The minimum absolute atomic E-state index is 0.572. The molecule has 5 nitrogen and oxygen atoms in total. The summed E-state index contributed by atoms with van der Waals surface area (Å²) >= 11 is 1.68. The van der Waals surface area contributed by atoms with Crippen LogP contribution in [-0.2, 0) is 6.54 Å². The summed E-state index contributed by atoms with van der Waals surface area (Å²) in [5, 5.41) is 1.07. The number of thiazole rings is 1. The molecule has 0 fully saturated rings. The molecule has 0 aromatic carbocycles. The second kappa shape index (κ2) is 5.09. The molecule has 0 atom stereocenters. The maximum Gasteiger partial charge on any atom is 0.228 e. The lowest BCUT2D eigenvalue weighted by atomic mass is 10.5. The average molecular weight is 250 g/mol. The fourth-order valence-electron chi connectivity index (χ4n) is 1.41. The second-order valence-corrected chi connectivity index (χ2v) is 4.92. The smallest absolute Gasteiger partial charge is 0.228 e. The van der Waals surface area contributed by atoms with Crippen LogP contribution in [0.3, 0.4) is 0 Å². The van der Waals surface area contributed by atoms with Gasteiger partial charge in [-0.2, -0.15) is 4.98 Å². The fraction of sp³-hybridized carbons (Fsp3) is 0.364. The quantitative estimate of drug-likeness (QED) is 0.829. The van der Waals surface area contributed by atoms with Crippen molar-refractivity contribution in [3.8, 4) is 5.88 Å². The number of hydrogen-bond acceptors (Lipinski definition) is 6. The first kappa shape index (κ1) is 11.8. The summed E-state index contributed by atoms with van der Waals surface area (Å²) in [6, 6.07) is 1.73. The molecule has 6 heteroatoms. The SMILES string of the molecule is COc1ccnc(N(C)Cc2cnc(C)s2)n1. The van der Waals surface area contributed by atoms with Gasteiger partial charge in [-0.05, 0) is 6.92 Å². The predicted octanol–water partition coefficient (Wildman–Crippen LogP) is 1.89. The van der Waals surface area contributed by atoms with E-state index in [1.165, 1.54) is 4.88 Å². The molecule has 0 aliphatic heterocycles. The Morgan fingerprint density at radius 2 is 2.24 bits per heavy atom. The first-order valence-electron chi connectivity index (χ1n) is 5.18. The van der Waals surface area contributed by atoms with Crippen LogP contribution in [0.25, 0.3) is 0 Å². The molecule has 0 saturated heterocycles. The van der Waals surface area contributed by atoms with Gasteiger partial charge < -0.3 is 9.64 Å². The third-order valence-corrected chi connectivity index (χ3v) is 3.13. The molecule has 2 aromatic heterocycles. The molecule has 0 bridgehead atoms. The molecule has 17 heavy (non-hydrogen) atoms. The molecule has 0 radical (unpaired) electrons. The summed E-state index contributed by atoms with van der Waals surface area (Å²) in [4.78, 5) is 15.9. The lowest BCUT2D eigenvalue weighted by Crippen LogP contribution is -2.18. The number of rotatable bonds is 4. The largest absolute Gasteiger partial charge is 0.481 e. The lowest BCUT2D eigenvalue weighted by Gasteiger charge is -2.15. The van der Waals surface area contributed by atoms with E-state index in [9.17, 15) is 0 Å². The summed E-state index contributed by atoms with van der Waals surface area (Å²) in [5.41, 5.74) is 0. The van der Waals surface area contributed by atoms with E-state index in [0.717, 1.165) is 11.6 Å². The van der Waals surface area contributed by atoms with Crippen LogP contribution in [-0.4, -0.2) is 29.1 Å². The van der Waals surface area contributed by atoms with Gasteiger partial charge in [0, 0.05) is 30.4 Å². The Hall–Kier alpha value is -1.69. The first-order valence-corrected chi connectivity index (χ1v) is 6.00. The lowest BCUT2D eigenvalue weighted by molar-refractivity contribution is 0.397. The van der Waals surface area contributed by atoms with Crippen LogP contribution in [0.1, 0.15) is 9.88 Å². The highest BCUT2D eigenvalue weighted by Crippen LogP contribution is 2.17. The number of aromatic nitrogens is 3. The predicted molar refractivity (Wildman–Crippen MR) is 67.5 cm³/mol. The maximum absolute atomic E-state index is 5.07. The average Bonchev–Trinajstić information content (AvgIpc) is 2.75. The number of aryl methyl sites for hydroxylation is 1. The molecule has 0 N–H and O–H groups in total. The van der Waals surface area contributed by atoms with E-state index in [0.29, 0.717) is 11.8 Å². The van der Waals surface area contributed by atoms with Crippen molar-refractivity contribution in [3.63, 3.8) is 0 Å². The summed E-state index contributed by atoms with van der Waals surface area (Å²) in [6.07, 6.45) is 3.58. The molecular formula is C11H14N4OS. The van der Waals surface area contributed by atoms with E-state index < -0.39 is 0 Å². The van der Waals surface area contributed by atoms with E-state index in [4.69, 9.17) is 4.74 Å². The van der Waals surface area contributed by atoms with Gasteiger partial charge in [0.25, 0.3) is 0 Å². The second-order valence-electron chi connectivity index (χ2n) is 3.60. The third kappa shape index (κ3) is 2.91. The number of methoxy groups -OCH3 is 1. The van der Waals surface area contributed by atoms with Gasteiger partial charge in [0.15, 0.2) is 0 Å². The van der Waals surface area contributed by atoms with Gasteiger partial charge in [-0.3, -0.25) is 0 Å². The van der Waals surface area contributed by atoms with Crippen molar-refractivity contribution in [1.82, 2.24) is 15.0 Å². The molecule has 0 aliphatic rings. The molecule has 0 saturated carbocycles. The zero-order valence-corrected chi connectivity index (χ0v) is 10.9. The number of anilines is 1. The zero-order valence-electron chi connectivity index (χ0n) is 10.0. The van der Waals surface area contributed by atoms with Gasteiger partial charge in [0.2, 0.25) is 11.8 Å². The molecule has 90 valence electrons. The van der Waals surface area contributed by atoms with E-state index in [2.05, 4.69) is 15.0 Å². The van der Waals surface area contributed by atoms with Crippen LogP contribution < -0.4 is 9.64 Å². The van der Waals surface area contributed by atoms with Crippen molar-refractivity contribution in [2.45, 2.75) is 13.5 Å².